The summed E-state index contributed by atoms with van der Waals surface area (Å²) in [6.07, 6.45) is 0. The molecular formula is C20H25ClN2O4S. The fourth-order valence-electron chi connectivity index (χ4n) is 2.93. The minimum absolute atomic E-state index is 0.0736. The third-order valence-electron chi connectivity index (χ3n) is 4.47. The fourth-order valence-corrected chi connectivity index (χ4v) is 4.89. The van der Waals surface area contributed by atoms with E-state index in [1.165, 1.54) is 22.5 Å². The first-order valence-corrected chi connectivity index (χ1v) is 10.8. The van der Waals surface area contributed by atoms with Crippen LogP contribution in [-0.4, -0.2) is 38.8 Å². The fraction of sp³-hybridized carbons (Fsp3) is 0.350. The predicted molar refractivity (Wildman–Crippen MR) is 110 cm³/mol. The van der Waals surface area contributed by atoms with E-state index in [9.17, 15) is 13.2 Å². The Morgan fingerprint density at radius 3 is 2.43 bits per heavy atom. The summed E-state index contributed by atoms with van der Waals surface area (Å²) >= 11 is 6.13. The molecule has 2 rings (SSSR count). The summed E-state index contributed by atoms with van der Waals surface area (Å²) in [4.78, 5) is 12.7. The number of carbonyl (C=O) groups is 1. The zero-order valence-corrected chi connectivity index (χ0v) is 18.0. The molecule has 152 valence electrons. The summed E-state index contributed by atoms with van der Waals surface area (Å²) in [5.41, 5.74) is 1.04. The normalized spacial score (nSPS) is 12.6. The van der Waals surface area contributed by atoms with Crippen molar-refractivity contribution in [2.24, 2.45) is 0 Å². The van der Waals surface area contributed by atoms with Crippen molar-refractivity contribution < 1.29 is 17.9 Å². The van der Waals surface area contributed by atoms with Gasteiger partial charge in [0.25, 0.3) is 5.91 Å². The van der Waals surface area contributed by atoms with Crippen LogP contribution in [0.4, 0.5) is 0 Å². The number of ether oxygens (including phenoxy) is 1. The van der Waals surface area contributed by atoms with Crippen molar-refractivity contribution in [2.75, 3.05) is 20.2 Å². The van der Waals surface area contributed by atoms with Crippen LogP contribution < -0.4 is 10.1 Å². The molecule has 0 aliphatic carbocycles. The molecule has 8 heteroatoms. The number of benzene rings is 2. The molecule has 6 nitrogen and oxygen atoms in total. The number of hydrogen-bond acceptors (Lipinski definition) is 4. The van der Waals surface area contributed by atoms with Crippen molar-refractivity contribution in [3.05, 3.63) is 58.6 Å². The van der Waals surface area contributed by atoms with Gasteiger partial charge in [0.2, 0.25) is 10.0 Å². The highest BCUT2D eigenvalue weighted by molar-refractivity contribution is 7.89. The summed E-state index contributed by atoms with van der Waals surface area (Å²) in [5, 5.41) is 2.96. The number of rotatable bonds is 8. The van der Waals surface area contributed by atoms with Gasteiger partial charge in [-0.2, -0.15) is 4.31 Å². The minimum atomic E-state index is -3.78. The molecule has 1 atom stereocenters. The average molecular weight is 425 g/mol. The Hall–Kier alpha value is -2.09. The first-order chi connectivity index (χ1) is 13.3. The maximum absolute atomic E-state index is 12.8. The van der Waals surface area contributed by atoms with Gasteiger partial charge >= 0.3 is 0 Å². The molecule has 0 saturated carbocycles. The van der Waals surface area contributed by atoms with Crippen LogP contribution in [0.15, 0.2) is 47.4 Å². The number of nitrogens with zero attached hydrogens (tertiary/aromatic N) is 1. The number of carbonyl (C=O) groups excluding carboxylic acids is 1. The van der Waals surface area contributed by atoms with Crippen molar-refractivity contribution in [1.29, 1.82) is 0 Å². The Bertz CT molecular complexity index is 943. The van der Waals surface area contributed by atoms with Gasteiger partial charge in [-0.3, -0.25) is 4.79 Å². The average Bonchev–Trinajstić information content (AvgIpc) is 2.68. The zero-order chi connectivity index (χ0) is 20.9. The largest absolute Gasteiger partial charge is 0.496 e. The van der Waals surface area contributed by atoms with Crippen molar-refractivity contribution in [3.8, 4) is 5.75 Å². The molecule has 2 aromatic carbocycles. The third kappa shape index (κ3) is 4.66. The number of para-hydroxylation sites is 1. The Morgan fingerprint density at radius 1 is 1.18 bits per heavy atom. The lowest BCUT2D eigenvalue weighted by Crippen LogP contribution is -2.31. The summed E-state index contributed by atoms with van der Waals surface area (Å²) < 4.78 is 32.3. The van der Waals surface area contributed by atoms with Gasteiger partial charge in [-0.1, -0.05) is 43.6 Å². The standard InChI is InChI=1S/C20H25ClN2O4S/c1-5-23(6-2)28(25,26)19-13-15(11-12-17(19)21)20(24)22-14(3)16-9-7-8-10-18(16)27-4/h7-14H,5-6H2,1-4H3,(H,22,24)/t14-/m0/s1. The van der Waals surface area contributed by atoms with E-state index in [0.717, 1.165) is 5.56 Å². The number of nitrogens with one attached hydrogen (secondary N) is 1. The Kier molecular flexibility index (Phi) is 7.46. The molecule has 0 saturated heterocycles. The van der Waals surface area contributed by atoms with Crippen LogP contribution in [0, 0.1) is 0 Å². The lowest BCUT2D eigenvalue weighted by molar-refractivity contribution is 0.0939. The summed E-state index contributed by atoms with van der Waals surface area (Å²) in [5.74, 6) is 0.266. The van der Waals surface area contributed by atoms with Gasteiger partial charge in [0.1, 0.15) is 10.6 Å². The molecule has 0 bridgehead atoms. The minimum Gasteiger partial charge on any atom is -0.496 e. The molecule has 2 aromatic rings. The highest BCUT2D eigenvalue weighted by Crippen LogP contribution is 2.27. The summed E-state index contributed by atoms with van der Waals surface area (Å²) in [7, 11) is -2.21. The van der Waals surface area contributed by atoms with Gasteiger partial charge in [0.15, 0.2) is 0 Å². The molecule has 0 aromatic heterocycles. The van der Waals surface area contributed by atoms with Gasteiger partial charge in [-0.25, -0.2) is 8.42 Å². The van der Waals surface area contributed by atoms with Crippen LogP contribution in [0.3, 0.4) is 0 Å². The third-order valence-corrected chi connectivity index (χ3v) is 7.00. The van der Waals surface area contributed by atoms with Crippen LogP contribution >= 0.6 is 11.6 Å². The van der Waals surface area contributed by atoms with Crippen molar-refractivity contribution in [1.82, 2.24) is 9.62 Å². The summed E-state index contributed by atoms with van der Waals surface area (Å²) in [6, 6.07) is 11.3. The highest BCUT2D eigenvalue weighted by Gasteiger charge is 2.26. The van der Waals surface area contributed by atoms with E-state index >= 15 is 0 Å². The quantitative estimate of drug-likeness (QED) is 0.697. The van der Waals surface area contributed by atoms with Crippen molar-refractivity contribution in [3.63, 3.8) is 0 Å². The molecule has 0 unspecified atom stereocenters. The van der Waals surface area contributed by atoms with Crippen LogP contribution in [0.2, 0.25) is 5.02 Å². The molecule has 0 spiro atoms. The number of sulfonamides is 1. The van der Waals surface area contributed by atoms with E-state index in [4.69, 9.17) is 16.3 Å². The Labute approximate surface area is 171 Å². The van der Waals surface area contributed by atoms with Gasteiger partial charge in [0.05, 0.1) is 18.2 Å². The Morgan fingerprint density at radius 2 is 1.82 bits per heavy atom. The highest BCUT2D eigenvalue weighted by atomic mass is 35.5. The monoisotopic (exact) mass is 424 g/mol. The van der Waals surface area contributed by atoms with Crippen molar-refractivity contribution in [2.45, 2.75) is 31.7 Å². The van der Waals surface area contributed by atoms with E-state index < -0.39 is 15.9 Å². The number of amides is 1. The zero-order valence-electron chi connectivity index (χ0n) is 16.4. The number of halogens is 1. The second-order valence-electron chi connectivity index (χ2n) is 6.17. The number of hydrogen-bond donors (Lipinski definition) is 1. The van der Waals surface area contributed by atoms with E-state index in [0.29, 0.717) is 18.8 Å². The molecule has 0 heterocycles. The SMILES string of the molecule is CCN(CC)S(=O)(=O)c1cc(C(=O)N[C@@H](C)c2ccccc2OC)ccc1Cl. The van der Waals surface area contributed by atoms with Crippen LogP contribution in [-0.2, 0) is 10.0 Å². The molecule has 0 radical (unpaired) electrons. The maximum atomic E-state index is 12.8. The van der Waals surface area contributed by atoms with Crippen LogP contribution in [0.25, 0.3) is 0 Å². The lowest BCUT2D eigenvalue weighted by atomic mass is 10.1. The Balaban J connectivity index is 2.32. The molecule has 28 heavy (non-hydrogen) atoms. The van der Waals surface area contributed by atoms with Gasteiger partial charge in [0, 0.05) is 24.2 Å². The lowest BCUT2D eigenvalue weighted by Gasteiger charge is -2.20. The van der Waals surface area contributed by atoms with E-state index in [-0.39, 0.29) is 21.5 Å². The topological polar surface area (TPSA) is 75.7 Å². The molecule has 1 N–H and O–H groups in total. The van der Waals surface area contributed by atoms with E-state index in [2.05, 4.69) is 5.32 Å². The maximum Gasteiger partial charge on any atom is 0.251 e. The smallest absolute Gasteiger partial charge is 0.251 e. The van der Waals surface area contributed by atoms with Crippen LogP contribution in [0.5, 0.6) is 5.75 Å². The predicted octanol–water partition coefficient (Wildman–Crippen LogP) is 3.87. The van der Waals surface area contributed by atoms with Crippen molar-refractivity contribution >= 4 is 27.5 Å². The summed E-state index contributed by atoms with van der Waals surface area (Å²) in [6.45, 7) is 5.97. The molecule has 1 amide bonds. The van der Waals surface area contributed by atoms with Crippen LogP contribution in [0.1, 0.15) is 42.7 Å². The van der Waals surface area contributed by atoms with Gasteiger partial charge in [-0.05, 0) is 31.2 Å². The number of methoxy groups -OCH3 is 1. The van der Waals surface area contributed by atoms with Gasteiger partial charge in [-0.15, -0.1) is 0 Å². The second kappa shape index (κ2) is 9.41. The molecule has 0 fully saturated rings. The first kappa shape index (κ1) is 22.2. The molecule has 0 aliphatic heterocycles. The van der Waals surface area contributed by atoms with E-state index in [1.54, 1.807) is 21.0 Å². The second-order valence-corrected chi connectivity index (χ2v) is 8.49. The molecular weight excluding hydrogens is 400 g/mol. The first-order valence-electron chi connectivity index (χ1n) is 8.99. The van der Waals surface area contributed by atoms with Gasteiger partial charge < -0.3 is 10.1 Å². The molecule has 0 aliphatic rings. The van der Waals surface area contributed by atoms with E-state index in [1.807, 2.05) is 31.2 Å².